The van der Waals surface area contributed by atoms with Crippen LogP contribution in [0.5, 0.6) is 0 Å². The SMILES string of the molecule is O=C1C[C@H](N(C(=O)[C@@H]2C[C@@H]2c2cccc(F)c2)C2CC2)C(=O)N1. The summed E-state index contributed by atoms with van der Waals surface area (Å²) in [7, 11) is 0. The number of rotatable bonds is 4. The summed E-state index contributed by atoms with van der Waals surface area (Å²) in [5.74, 6) is -1.27. The van der Waals surface area contributed by atoms with E-state index in [9.17, 15) is 18.8 Å². The fraction of sp³-hybridized carbons (Fsp3) is 0.471. The molecule has 0 spiro atoms. The average molecular weight is 316 g/mol. The van der Waals surface area contributed by atoms with Crippen molar-refractivity contribution in [2.24, 2.45) is 5.92 Å². The molecule has 0 radical (unpaired) electrons. The molecular formula is C17H17FN2O3. The largest absolute Gasteiger partial charge is 0.327 e. The van der Waals surface area contributed by atoms with Crippen molar-refractivity contribution in [2.75, 3.05) is 0 Å². The van der Waals surface area contributed by atoms with Crippen LogP contribution in [0.15, 0.2) is 24.3 Å². The summed E-state index contributed by atoms with van der Waals surface area (Å²) >= 11 is 0. The Kier molecular flexibility index (Phi) is 3.21. The molecule has 1 saturated heterocycles. The number of nitrogens with zero attached hydrogens (tertiary/aromatic N) is 1. The zero-order valence-corrected chi connectivity index (χ0v) is 12.5. The highest BCUT2D eigenvalue weighted by molar-refractivity contribution is 6.07. The molecule has 3 amide bonds. The lowest BCUT2D eigenvalue weighted by molar-refractivity contribution is -0.140. The fourth-order valence-corrected chi connectivity index (χ4v) is 3.47. The lowest BCUT2D eigenvalue weighted by Gasteiger charge is -2.27. The van der Waals surface area contributed by atoms with E-state index in [0.717, 1.165) is 18.4 Å². The fourth-order valence-electron chi connectivity index (χ4n) is 3.47. The summed E-state index contributed by atoms with van der Waals surface area (Å²) in [6, 6.07) is 5.72. The third-order valence-electron chi connectivity index (χ3n) is 4.86. The molecule has 120 valence electrons. The van der Waals surface area contributed by atoms with Crippen molar-refractivity contribution in [3.05, 3.63) is 35.6 Å². The van der Waals surface area contributed by atoms with E-state index in [1.807, 2.05) is 6.07 Å². The lowest BCUT2D eigenvalue weighted by atomic mass is 10.1. The third kappa shape index (κ3) is 2.62. The Hall–Kier alpha value is -2.24. The van der Waals surface area contributed by atoms with E-state index >= 15 is 0 Å². The number of amides is 3. The normalized spacial score (nSPS) is 29.3. The Balaban J connectivity index is 1.51. The highest BCUT2D eigenvalue weighted by Gasteiger charge is 2.52. The maximum atomic E-state index is 13.3. The van der Waals surface area contributed by atoms with Gasteiger partial charge >= 0.3 is 0 Å². The van der Waals surface area contributed by atoms with Crippen LogP contribution in [0, 0.1) is 11.7 Å². The minimum absolute atomic E-state index is 0.0135. The van der Waals surface area contributed by atoms with Crippen molar-refractivity contribution >= 4 is 17.7 Å². The van der Waals surface area contributed by atoms with Crippen LogP contribution in [0.3, 0.4) is 0 Å². The molecule has 1 N–H and O–H groups in total. The van der Waals surface area contributed by atoms with Gasteiger partial charge in [0.2, 0.25) is 17.7 Å². The summed E-state index contributed by atoms with van der Waals surface area (Å²) < 4.78 is 13.3. The summed E-state index contributed by atoms with van der Waals surface area (Å²) in [4.78, 5) is 37.8. The molecule has 0 bridgehead atoms. The van der Waals surface area contributed by atoms with Gasteiger partial charge in [-0.2, -0.15) is 0 Å². The molecular weight excluding hydrogens is 299 g/mol. The average Bonchev–Trinajstić information content (AvgIpc) is 3.40. The Morgan fingerprint density at radius 2 is 2.04 bits per heavy atom. The van der Waals surface area contributed by atoms with Gasteiger partial charge in [-0.3, -0.25) is 19.7 Å². The molecule has 6 heteroatoms. The minimum Gasteiger partial charge on any atom is -0.327 e. The van der Waals surface area contributed by atoms with Crippen LogP contribution in [0.2, 0.25) is 0 Å². The number of benzene rings is 1. The molecule has 2 aliphatic carbocycles. The second kappa shape index (κ2) is 5.15. The molecule has 4 rings (SSSR count). The van der Waals surface area contributed by atoms with Gasteiger partial charge in [0.1, 0.15) is 11.9 Å². The molecule has 3 fully saturated rings. The highest BCUT2D eigenvalue weighted by Crippen LogP contribution is 2.50. The van der Waals surface area contributed by atoms with Gasteiger partial charge < -0.3 is 4.90 Å². The third-order valence-corrected chi connectivity index (χ3v) is 4.86. The second-order valence-corrected chi connectivity index (χ2v) is 6.61. The van der Waals surface area contributed by atoms with Gasteiger partial charge in [-0.1, -0.05) is 12.1 Å². The maximum Gasteiger partial charge on any atom is 0.249 e. The number of hydrogen-bond donors (Lipinski definition) is 1. The van der Waals surface area contributed by atoms with Crippen LogP contribution in [-0.4, -0.2) is 34.7 Å². The Labute approximate surface area is 132 Å². The molecule has 1 aliphatic heterocycles. The standard InChI is InChI=1S/C17H17FN2O3/c18-10-3-1-2-9(6-10)12-7-13(12)17(23)20(11-4-5-11)14-8-15(21)19-16(14)22/h1-3,6,11-14H,4-5,7-8H2,(H,19,21,22)/t12-,13-,14+/m1/s1. The zero-order chi connectivity index (χ0) is 16.1. The van der Waals surface area contributed by atoms with Gasteiger partial charge in [0, 0.05) is 12.0 Å². The predicted molar refractivity (Wildman–Crippen MR) is 78.7 cm³/mol. The van der Waals surface area contributed by atoms with Crippen LogP contribution >= 0.6 is 0 Å². The van der Waals surface area contributed by atoms with Gasteiger partial charge in [0.05, 0.1) is 6.42 Å². The predicted octanol–water partition coefficient (Wildman–Crippen LogP) is 1.34. The van der Waals surface area contributed by atoms with E-state index in [1.165, 1.54) is 12.1 Å². The summed E-state index contributed by atoms with van der Waals surface area (Å²) in [6.45, 7) is 0. The lowest BCUT2D eigenvalue weighted by Crippen LogP contribution is -2.46. The van der Waals surface area contributed by atoms with Crippen molar-refractivity contribution in [1.29, 1.82) is 0 Å². The zero-order valence-electron chi connectivity index (χ0n) is 12.5. The number of nitrogens with one attached hydrogen (secondary N) is 1. The number of carbonyl (C=O) groups excluding carboxylic acids is 3. The molecule has 3 atom stereocenters. The van der Waals surface area contributed by atoms with Crippen LogP contribution in [0.1, 0.15) is 37.2 Å². The monoisotopic (exact) mass is 316 g/mol. The number of halogens is 1. The van der Waals surface area contributed by atoms with Crippen molar-refractivity contribution in [3.63, 3.8) is 0 Å². The first-order valence-electron chi connectivity index (χ1n) is 7.96. The maximum absolute atomic E-state index is 13.3. The van der Waals surface area contributed by atoms with Gasteiger partial charge in [0.25, 0.3) is 0 Å². The van der Waals surface area contributed by atoms with Crippen molar-refractivity contribution in [3.8, 4) is 0 Å². The highest BCUT2D eigenvalue weighted by atomic mass is 19.1. The number of imide groups is 1. The number of carbonyl (C=O) groups is 3. The van der Waals surface area contributed by atoms with Crippen molar-refractivity contribution in [2.45, 2.75) is 43.7 Å². The van der Waals surface area contributed by atoms with E-state index in [0.29, 0.717) is 6.42 Å². The van der Waals surface area contributed by atoms with Crippen LogP contribution in [-0.2, 0) is 14.4 Å². The van der Waals surface area contributed by atoms with Gasteiger partial charge in [0.15, 0.2) is 0 Å². The summed E-state index contributed by atoms with van der Waals surface area (Å²) in [5.41, 5.74) is 0.825. The molecule has 1 heterocycles. The Morgan fingerprint density at radius 3 is 2.65 bits per heavy atom. The van der Waals surface area contributed by atoms with E-state index in [4.69, 9.17) is 0 Å². The second-order valence-electron chi connectivity index (χ2n) is 6.61. The molecule has 3 aliphatic rings. The van der Waals surface area contributed by atoms with Crippen molar-refractivity contribution in [1.82, 2.24) is 10.2 Å². The first-order chi connectivity index (χ1) is 11.0. The minimum atomic E-state index is -0.670. The van der Waals surface area contributed by atoms with Crippen LogP contribution in [0.4, 0.5) is 4.39 Å². The topological polar surface area (TPSA) is 66.5 Å². The molecule has 0 unspecified atom stereocenters. The molecule has 0 aromatic heterocycles. The van der Waals surface area contributed by atoms with Gasteiger partial charge in [-0.15, -0.1) is 0 Å². The first kappa shape index (κ1) is 14.4. The van der Waals surface area contributed by atoms with E-state index in [-0.39, 0.29) is 47.8 Å². The molecule has 2 saturated carbocycles. The summed E-state index contributed by atoms with van der Waals surface area (Å²) in [5, 5.41) is 2.27. The van der Waals surface area contributed by atoms with Crippen molar-refractivity contribution < 1.29 is 18.8 Å². The quantitative estimate of drug-likeness (QED) is 0.852. The summed E-state index contributed by atoms with van der Waals surface area (Å²) in [6.07, 6.45) is 2.48. The van der Waals surface area contributed by atoms with E-state index < -0.39 is 6.04 Å². The van der Waals surface area contributed by atoms with Gasteiger partial charge in [-0.25, -0.2) is 4.39 Å². The van der Waals surface area contributed by atoms with E-state index in [1.54, 1.807) is 11.0 Å². The molecule has 5 nitrogen and oxygen atoms in total. The number of hydrogen-bond acceptors (Lipinski definition) is 3. The molecule has 1 aromatic carbocycles. The Morgan fingerprint density at radius 1 is 1.26 bits per heavy atom. The first-order valence-corrected chi connectivity index (χ1v) is 7.96. The van der Waals surface area contributed by atoms with Crippen LogP contribution in [0.25, 0.3) is 0 Å². The van der Waals surface area contributed by atoms with Gasteiger partial charge in [-0.05, 0) is 42.9 Å². The van der Waals surface area contributed by atoms with Crippen LogP contribution < -0.4 is 5.32 Å². The Bertz CT molecular complexity index is 701. The molecule has 23 heavy (non-hydrogen) atoms. The molecule has 1 aromatic rings. The smallest absolute Gasteiger partial charge is 0.249 e. The van der Waals surface area contributed by atoms with E-state index in [2.05, 4.69) is 5.32 Å².